The van der Waals surface area contributed by atoms with Crippen molar-refractivity contribution >= 4 is 6.21 Å². The van der Waals surface area contributed by atoms with Crippen LogP contribution in [0.3, 0.4) is 0 Å². The molecule has 3 rings (SSSR count). The van der Waals surface area contributed by atoms with Crippen molar-refractivity contribution in [2.24, 2.45) is 10.4 Å². The van der Waals surface area contributed by atoms with Gasteiger partial charge in [0.05, 0.1) is 13.2 Å². The zero-order valence-corrected chi connectivity index (χ0v) is 14.9. The van der Waals surface area contributed by atoms with Gasteiger partial charge in [-0.2, -0.15) is 0 Å². The van der Waals surface area contributed by atoms with Gasteiger partial charge in [-0.15, -0.1) is 0 Å². The predicted octanol–water partition coefficient (Wildman–Crippen LogP) is 4.66. The minimum atomic E-state index is 0.152. The van der Waals surface area contributed by atoms with Crippen molar-refractivity contribution in [2.45, 2.75) is 39.8 Å². The van der Waals surface area contributed by atoms with Crippen LogP contribution in [0.4, 0.5) is 0 Å². The van der Waals surface area contributed by atoms with E-state index in [4.69, 9.17) is 14.5 Å². The number of nitrogens with zero attached hydrogens (tertiary/aromatic N) is 1. The van der Waals surface area contributed by atoms with E-state index < -0.39 is 0 Å². The summed E-state index contributed by atoms with van der Waals surface area (Å²) in [6.07, 6.45) is 2.90. The highest BCUT2D eigenvalue weighted by Gasteiger charge is 2.27. The van der Waals surface area contributed by atoms with Crippen molar-refractivity contribution in [2.75, 3.05) is 7.11 Å². The van der Waals surface area contributed by atoms with Crippen molar-refractivity contribution in [1.29, 1.82) is 0 Å². The molecule has 1 heterocycles. The highest BCUT2D eigenvalue weighted by Crippen LogP contribution is 2.35. The Morgan fingerprint density at radius 1 is 1.08 bits per heavy atom. The quantitative estimate of drug-likeness (QED) is 0.819. The summed E-state index contributed by atoms with van der Waals surface area (Å²) < 4.78 is 11.5. The zero-order valence-electron chi connectivity index (χ0n) is 14.9. The maximum absolute atomic E-state index is 6.03. The topological polar surface area (TPSA) is 30.8 Å². The summed E-state index contributed by atoms with van der Waals surface area (Å²) in [6.45, 7) is 7.23. The van der Waals surface area contributed by atoms with E-state index in [0.717, 1.165) is 29.0 Å². The van der Waals surface area contributed by atoms with Crippen LogP contribution in [0.5, 0.6) is 11.5 Å². The molecule has 0 fully saturated rings. The Labute approximate surface area is 144 Å². The molecule has 0 saturated heterocycles. The summed E-state index contributed by atoms with van der Waals surface area (Å²) in [5, 5.41) is 0. The molecule has 0 spiro atoms. The molecule has 0 N–H and O–H groups in total. The van der Waals surface area contributed by atoms with Crippen molar-refractivity contribution < 1.29 is 9.47 Å². The normalized spacial score (nSPS) is 16.6. The van der Waals surface area contributed by atoms with Gasteiger partial charge in [0.15, 0.2) is 11.5 Å². The molecule has 0 radical (unpaired) electrons. The molecule has 24 heavy (non-hydrogen) atoms. The standard InChI is InChI=1S/C21H25NO2/c1-21(2,3)20-12-16-10-19(18(23-4)11-17(16)13-22-20)24-14-15-8-6-5-7-9-15/h5-11,13,20H,12,14H2,1-4H3. The Bertz CT molecular complexity index is 729. The third-order valence-corrected chi connectivity index (χ3v) is 4.47. The van der Waals surface area contributed by atoms with Crippen LogP contribution in [0.15, 0.2) is 47.5 Å². The number of ether oxygens (including phenoxy) is 2. The van der Waals surface area contributed by atoms with E-state index in [1.807, 2.05) is 30.5 Å². The van der Waals surface area contributed by atoms with Gasteiger partial charge in [-0.1, -0.05) is 51.1 Å². The summed E-state index contributed by atoms with van der Waals surface area (Å²) >= 11 is 0. The van der Waals surface area contributed by atoms with Gasteiger partial charge in [0, 0.05) is 6.21 Å². The number of methoxy groups -OCH3 is 1. The van der Waals surface area contributed by atoms with Crippen LogP contribution in [0.1, 0.15) is 37.5 Å². The number of fused-ring (bicyclic) bond motifs is 1. The molecule has 2 aromatic rings. The van der Waals surface area contributed by atoms with Gasteiger partial charge in [0.1, 0.15) is 6.61 Å². The highest BCUT2D eigenvalue weighted by atomic mass is 16.5. The average molecular weight is 323 g/mol. The third-order valence-electron chi connectivity index (χ3n) is 4.47. The van der Waals surface area contributed by atoms with Crippen LogP contribution < -0.4 is 9.47 Å². The molecule has 0 saturated carbocycles. The van der Waals surface area contributed by atoms with Crippen molar-refractivity contribution in [3.63, 3.8) is 0 Å². The van der Waals surface area contributed by atoms with E-state index in [1.54, 1.807) is 7.11 Å². The first-order valence-electron chi connectivity index (χ1n) is 8.38. The third kappa shape index (κ3) is 3.61. The molecule has 1 aliphatic rings. The number of benzene rings is 2. The molecule has 1 atom stereocenters. The van der Waals surface area contributed by atoms with E-state index in [2.05, 4.69) is 39.0 Å². The van der Waals surface area contributed by atoms with Gasteiger partial charge in [-0.3, -0.25) is 4.99 Å². The molecular weight excluding hydrogens is 298 g/mol. The molecule has 2 aromatic carbocycles. The minimum Gasteiger partial charge on any atom is -0.493 e. The smallest absolute Gasteiger partial charge is 0.161 e. The van der Waals surface area contributed by atoms with Crippen LogP contribution in [0, 0.1) is 5.41 Å². The first-order chi connectivity index (χ1) is 11.5. The van der Waals surface area contributed by atoms with Crippen molar-refractivity contribution in [3.8, 4) is 11.5 Å². The second kappa shape index (κ2) is 6.68. The first-order valence-corrected chi connectivity index (χ1v) is 8.38. The van der Waals surface area contributed by atoms with Gasteiger partial charge in [0.2, 0.25) is 0 Å². The summed E-state index contributed by atoms with van der Waals surface area (Å²) in [5.74, 6) is 1.55. The summed E-state index contributed by atoms with van der Waals surface area (Å²) in [4.78, 5) is 4.72. The molecule has 1 aliphatic heterocycles. The van der Waals surface area contributed by atoms with Crippen LogP contribution in [0.25, 0.3) is 0 Å². The van der Waals surface area contributed by atoms with Gasteiger partial charge < -0.3 is 9.47 Å². The van der Waals surface area contributed by atoms with Gasteiger partial charge in [-0.25, -0.2) is 0 Å². The second-order valence-corrected chi connectivity index (χ2v) is 7.34. The number of hydrogen-bond acceptors (Lipinski definition) is 3. The lowest BCUT2D eigenvalue weighted by molar-refractivity contribution is 0.283. The lowest BCUT2D eigenvalue weighted by atomic mass is 9.81. The van der Waals surface area contributed by atoms with Crippen LogP contribution in [0.2, 0.25) is 0 Å². The van der Waals surface area contributed by atoms with Crippen molar-refractivity contribution in [3.05, 3.63) is 59.2 Å². The lowest BCUT2D eigenvalue weighted by Crippen LogP contribution is -2.29. The zero-order chi connectivity index (χ0) is 17.2. The Balaban J connectivity index is 1.84. The average Bonchev–Trinajstić information content (AvgIpc) is 2.58. The van der Waals surface area contributed by atoms with E-state index >= 15 is 0 Å². The lowest BCUT2D eigenvalue weighted by Gasteiger charge is -2.30. The molecule has 3 nitrogen and oxygen atoms in total. The highest BCUT2D eigenvalue weighted by molar-refractivity contribution is 5.84. The van der Waals surface area contributed by atoms with Gasteiger partial charge >= 0.3 is 0 Å². The second-order valence-electron chi connectivity index (χ2n) is 7.34. The fourth-order valence-electron chi connectivity index (χ4n) is 2.88. The van der Waals surface area contributed by atoms with Crippen LogP contribution in [-0.2, 0) is 13.0 Å². The maximum Gasteiger partial charge on any atom is 0.161 e. The van der Waals surface area contributed by atoms with Crippen molar-refractivity contribution in [1.82, 2.24) is 0 Å². The Morgan fingerprint density at radius 2 is 1.83 bits per heavy atom. The van der Waals surface area contributed by atoms with Gasteiger partial charge in [-0.05, 0) is 40.7 Å². The van der Waals surface area contributed by atoms with E-state index in [1.165, 1.54) is 5.56 Å². The monoisotopic (exact) mass is 323 g/mol. The molecule has 1 unspecified atom stereocenters. The molecule has 126 valence electrons. The minimum absolute atomic E-state index is 0.152. The first kappa shape index (κ1) is 16.6. The Kier molecular flexibility index (Phi) is 4.61. The number of aliphatic imine (C=N–C) groups is 1. The Hall–Kier alpha value is -2.29. The fraction of sp³-hybridized carbons (Fsp3) is 0.381. The SMILES string of the molecule is COc1cc2c(cc1OCc1ccccc1)CC(C(C)(C)C)N=C2. The van der Waals surface area contributed by atoms with Crippen LogP contribution >= 0.6 is 0 Å². The van der Waals surface area contributed by atoms with E-state index in [0.29, 0.717) is 12.6 Å². The van der Waals surface area contributed by atoms with E-state index in [-0.39, 0.29) is 5.41 Å². The molecule has 0 aliphatic carbocycles. The summed E-state index contributed by atoms with van der Waals surface area (Å²) in [7, 11) is 1.68. The maximum atomic E-state index is 6.03. The van der Waals surface area contributed by atoms with Crippen LogP contribution in [-0.4, -0.2) is 19.4 Å². The largest absolute Gasteiger partial charge is 0.493 e. The molecule has 0 bridgehead atoms. The predicted molar refractivity (Wildman–Crippen MR) is 98.3 cm³/mol. The molecule has 0 amide bonds. The molecule has 3 heteroatoms. The molecule has 0 aromatic heterocycles. The van der Waals surface area contributed by atoms with E-state index in [9.17, 15) is 0 Å². The van der Waals surface area contributed by atoms with Gasteiger partial charge in [0.25, 0.3) is 0 Å². The fourth-order valence-corrected chi connectivity index (χ4v) is 2.88. The Morgan fingerprint density at radius 3 is 2.50 bits per heavy atom. The number of rotatable bonds is 4. The molecular formula is C21H25NO2. The summed E-state index contributed by atoms with van der Waals surface area (Å²) in [5.41, 5.74) is 3.69. The summed E-state index contributed by atoms with van der Waals surface area (Å²) in [6, 6.07) is 14.6. The number of hydrogen-bond donors (Lipinski definition) is 0.